The van der Waals surface area contributed by atoms with Crippen molar-refractivity contribution in [3.05, 3.63) is 34.7 Å². The number of aliphatic hydroxyl groups excluding tert-OH is 1. The van der Waals surface area contributed by atoms with E-state index in [2.05, 4.69) is 10.3 Å². The Morgan fingerprint density at radius 3 is 2.74 bits per heavy atom. The van der Waals surface area contributed by atoms with Crippen LogP contribution in [0.5, 0.6) is 0 Å². The van der Waals surface area contributed by atoms with E-state index in [1.54, 1.807) is 4.57 Å². The monoisotopic (exact) mass is 263 g/mol. The van der Waals surface area contributed by atoms with Gasteiger partial charge in [0.15, 0.2) is 0 Å². The smallest absolute Gasteiger partial charge is 0.326 e. The van der Waals surface area contributed by atoms with Gasteiger partial charge < -0.3 is 15.4 Å². The molecule has 1 heterocycles. The summed E-state index contributed by atoms with van der Waals surface area (Å²) < 4.78 is 1.57. The minimum Gasteiger partial charge on any atom is -0.390 e. The molecule has 3 N–H and O–H groups in total. The van der Waals surface area contributed by atoms with Crippen molar-refractivity contribution < 1.29 is 5.11 Å². The van der Waals surface area contributed by atoms with Gasteiger partial charge in [0, 0.05) is 12.1 Å². The Labute approximate surface area is 112 Å². The average molecular weight is 263 g/mol. The van der Waals surface area contributed by atoms with Crippen LogP contribution in [0.2, 0.25) is 0 Å². The third-order valence-corrected chi connectivity index (χ3v) is 2.94. The van der Waals surface area contributed by atoms with E-state index < -0.39 is 6.10 Å². The second-order valence-electron chi connectivity index (χ2n) is 5.84. The first kappa shape index (κ1) is 13.8. The SMILES string of the molecule is CC(C)(C)NCC(O)Cn1c(=O)[nH]c2ccccc21. The van der Waals surface area contributed by atoms with Gasteiger partial charge in [-0.25, -0.2) is 4.79 Å². The van der Waals surface area contributed by atoms with E-state index in [9.17, 15) is 9.90 Å². The molecule has 0 fully saturated rings. The Balaban J connectivity index is 2.13. The lowest BCUT2D eigenvalue weighted by atomic mass is 10.1. The molecule has 0 radical (unpaired) electrons. The first-order valence-corrected chi connectivity index (χ1v) is 6.47. The Morgan fingerprint density at radius 1 is 1.37 bits per heavy atom. The third-order valence-electron chi connectivity index (χ3n) is 2.94. The normalized spacial score (nSPS) is 13.9. The summed E-state index contributed by atoms with van der Waals surface area (Å²) in [5, 5.41) is 13.3. The van der Waals surface area contributed by atoms with Crippen molar-refractivity contribution in [1.82, 2.24) is 14.9 Å². The van der Waals surface area contributed by atoms with Crippen LogP contribution in [0, 0.1) is 0 Å². The first-order chi connectivity index (χ1) is 8.87. The predicted octanol–water partition coefficient (Wildman–Crippen LogP) is 1.08. The van der Waals surface area contributed by atoms with Gasteiger partial charge in [-0.3, -0.25) is 4.57 Å². The molecule has 2 rings (SSSR count). The summed E-state index contributed by atoms with van der Waals surface area (Å²) >= 11 is 0. The lowest BCUT2D eigenvalue weighted by molar-refractivity contribution is 0.142. The molecule has 2 aromatic rings. The van der Waals surface area contributed by atoms with E-state index >= 15 is 0 Å². The molecule has 0 saturated heterocycles. The number of nitrogens with one attached hydrogen (secondary N) is 2. The fourth-order valence-electron chi connectivity index (χ4n) is 1.99. The second-order valence-corrected chi connectivity index (χ2v) is 5.84. The van der Waals surface area contributed by atoms with Gasteiger partial charge in [-0.05, 0) is 32.9 Å². The Kier molecular flexibility index (Phi) is 3.78. The molecule has 1 aromatic heterocycles. The lowest BCUT2D eigenvalue weighted by Crippen LogP contribution is -2.42. The van der Waals surface area contributed by atoms with Crippen LogP contribution in [0.15, 0.2) is 29.1 Å². The average Bonchev–Trinajstić information content (AvgIpc) is 2.63. The number of imidazole rings is 1. The molecule has 0 aliphatic carbocycles. The maximum atomic E-state index is 11.9. The standard InChI is InChI=1S/C14H21N3O2/c1-14(2,3)15-8-10(18)9-17-12-7-5-4-6-11(12)16-13(17)19/h4-7,10,15,18H,8-9H2,1-3H3,(H,16,19). The van der Waals surface area contributed by atoms with Crippen LogP contribution in [0.25, 0.3) is 11.0 Å². The summed E-state index contributed by atoms with van der Waals surface area (Å²) in [7, 11) is 0. The van der Waals surface area contributed by atoms with Gasteiger partial charge in [0.25, 0.3) is 0 Å². The minimum atomic E-state index is -0.601. The summed E-state index contributed by atoms with van der Waals surface area (Å²) in [5.41, 5.74) is 1.38. The highest BCUT2D eigenvalue weighted by Crippen LogP contribution is 2.09. The molecule has 0 saturated carbocycles. The number of para-hydroxylation sites is 2. The number of benzene rings is 1. The van der Waals surface area contributed by atoms with E-state index in [1.165, 1.54) is 0 Å². The van der Waals surface area contributed by atoms with Crippen molar-refractivity contribution in [1.29, 1.82) is 0 Å². The van der Waals surface area contributed by atoms with Gasteiger partial charge in [-0.15, -0.1) is 0 Å². The van der Waals surface area contributed by atoms with Gasteiger partial charge >= 0.3 is 5.69 Å². The quantitative estimate of drug-likeness (QED) is 0.773. The number of nitrogens with zero attached hydrogens (tertiary/aromatic N) is 1. The fraction of sp³-hybridized carbons (Fsp3) is 0.500. The molecule has 0 spiro atoms. The summed E-state index contributed by atoms with van der Waals surface area (Å²) in [4.78, 5) is 14.6. The molecule has 19 heavy (non-hydrogen) atoms. The molecule has 1 aromatic carbocycles. The van der Waals surface area contributed by atoms with Crippen LogP contribution >= 0.6 is 0 Å². The van der Waals surface area contributed by atoms with Crippen molar-refractivity contribution in [2.75, 3.05) is 6.54 Å². The van der Waals surface area contributed by atoms with Gasteiger partial charge in [0.2, 0.25) is 0 Å². The van der Waals surface area contributed by atoms with Crippen LogP contribution in [0.4, 0.5) is 0 Å². The van der Waals surface area contributed by atoms with Gasteiger partial charge in [-0.2, -0.15) is 0 Å². The highest BCUT2D eigenvalue weighted by Gasteiger charge is 2.14. The van der Waals surface area contributed by atoms with Crippen LogP contribution in [0.3, 0.4) is 0 Å². The number of aromatic amines is 1. The van der Waals surface area contributed by atoms with Crippen molar-refractivity contribution in [2.24, 2.45) is 0 Å². The van der Waals surface area contributed by atoms with Gasteiger partial charge in [-0.1, -0.05) is 12.1 Å². The molecule has 1 unspecified atom stereocenters. The number of fused-ring (bicyclic) bond motifs is 1. The topological polar surface area (TPSA) is 70.0 Å². The van der Waals surface area contributed by atoms with Crippen molar-refractivity contribution >= 4 is 11.0 Å². The zero-order chi connectivity index (χ0) is 14.0. The molecule has 5 nitrogen and oxygen atoms in total. The summed E-state index contributed by atoms with van der Waals surface area (Å²) in [6.07, 6.45) is -0.601. The molecule has 1 atom stereocenters. The number of β-amino-alcohol motifs (C(OH)–C–C–N with tert-alkyl or cyclic N) is 1. The van der Waals surface area contributed by atoms with Crippen molar-refractivity contribution in [3.63, 3.8) is 0 Å². The number of hydrogen-bond donors (Lipinski definition) is 3. The third kappa shape index (κ3) is 3.45. The predicted molar refractivity (Wildman–Crippen MR) is 76.3 cm³/mol. The number of rotatable bonds is 4. The number of aromatic nitrogens is 2. The maximum absolute atomic E-state index is 11.9. The van der Waals surface area contributed by atoms with Crippen LogP contribution in [-0.2, 0) is 6.54 Å². The van der Waals surface area contributed by atoms with Gasteiger partial charge in [0.05, 0.1) is 23.7 Å². The van der Waals surface area contributed by atoms with Crippen molar-refractivity contribution in [2.45, 2.75) is 39.0 Å². The largest absolute Gasteiger partial charge is 0.390 e. The molecule has 0 aliphatic heterocycles. The number of hydrogen-bond acceptors (Lipinski definition) is 3. The Hall–Kier alpha value is -1.59. The molecule has 0 aliphatic rings. The zero-order valence-electron chi connectivity index (χ0n) is 11.6. The molecular weight excluding hydrogens is 242 g/mol. The molecular formula is C14H21N3O2. The first-order valence-electron chi connectivity index (χ1n) is 6.47. The summed E-state index contributed by atoms with van der Waals surface area (Å²) in [6.45, 7) is 6.86. The Morgan fingerprint density at radius 2 is 2.05 bits per heavy atom. The summed E-state index contributed by atoms with van der Waals surface area (Å²) in [6, 6.07) is 7.48. The van der Waals surface area contributed by atoms with E-state index in [-0.39, 0.29) is 17.8 Å². The zero-order valence-corrected chi connectivity index (χ0v) is 11.6. The number of aliphatic hydroxyl groups is 1. The van der Waals surface area contributed by atoms with Gasteiger partial charge in [0.1, 0.15) is 0 Å². The highest BCUT2D eigenvalue weighted by atomic mass is 16.3. The van der Waals surface area contributed by atoms with Crippen LogP contribution in [-0.4, -0.2) is 32.8 Å². The fourth-order valence-corrected chi connectivity index (χ4v) is 1.99. The summed E-state index contributed by atoms with van der Waals surface area (Å²) in [5.74, 6) is 0. The van der Waals surface area contributed by atoms with Crippen LogP contribution in [0.1, 0.15) is 20.8 Å². The van der Waals surface area contributed by atoms with Crippen LogP contribution < -0.4 is 11.0 Å². The maximum Gasteiger partial charge on any atom is 0.326 e. The lowest BCUT2D eigenvalue weighted by Gasteiger charge is -2.23. The highest BCUT2D eigenvalue weighted by molar-refractivity contribution is 5.74. The van der Waals surface area contributed by atoms with Crippen molar-refractivity contribution in [3.8, 4) is 0 Å². The Bertz CT molecular complexity index is 607. The minimum absolute atomic E-state index is 0.0494. The molecule has 0 amide bonds. The van der Waals surface area contributed by atoms with E-state index in [4.69, 9.17) is 0 Å². The molecule has 0 bridgehead atoms. The molecule has 104 valence electrons. The van der Waals surface area contributed by atoms with E-state index in [0.717, 1.165) is 11.0 Å². The van der Waals surface area contributed by atoms with E-state index in [0.29, 0.717) is 6.54 Å². The van der Waals surface area contributed by atoms with E-state index in [1.807, 2.05) is 45.0 Å². The molecule has 5 heteroatoms. The second kappa shape index (κ2) is 5.19. The number of H-pyrrole nitrogens is 1.